The summed E-state index contributed by atoms with van der Waals surface area (Å²) < 4.78 is 0. The molecule has 1 fully saturated rings. The molecule has 0 amide bonds. The molecule has 18 heavy (non-hydrogen) atoms. The Morgan fingerprint density at radius 1 is 1.28 bits per heavy atom. The molecule has 2 aromatic rings. The second-order valence-electron chi connectivity index (χ2n) is 5.55. The van der Waals surface area contributed by atoms with Gasteiger partial charge in [0, 0.05) is 23.1 Å². The first-order valence-electron chi connectivity index (χ1n) is 7.13. The minimum absolute atomic E-state index is 0.775. The second-order valence-corrected chi connectivity index (χ2v) is 5.55. The Kier molecular flexibility index (Phi) is 3.37. The highest BCUT2D eigenvalue weighted by Gasteiger charge is 2.13. The number of H-pyrrole nitrogens is 1. The molecule has 1 saturated carbocycles. The molecule has 1 aliphatic rings. The summed E-state index contributed by atoms with van der Waals surface area (Å²) in [6.45, 7) is 3.26. The van der Waals surface area contributed by atoms with E-state index in [2.05, 4.69) is 41.6 Å². The molecule has 0 unspecified atom stereocenters. The Labute approximate surface area is 109 Å². The molecule has 2 nitrogen and oxygen atoms in total. The van der Waals surface area contributed by atoms with Crippen LogP contribution in [-0.4, -0.2) is 17.6 Å². The normalized spacial score (nSPS) is 16.7. The first kappa shape index (κ1) is 11.8. The van der Waals surface area contributed by atoms with Gasteiger partial charge in [-0.25, -0.2) is 0 Å². The van der Waals surface area contributed by atoms with Gasteiger partial charge in [-0.15, -0.1) is 0 Å². The van der Waals surface area contributed by atoms with Gasteiger partial charge in [-0.1, -0.05) is 24.5 Å². The van der Waals surface area contributed by atoms with Crippen LogP contribution >= 0.6 is 0 Å². The zero-order valence-electron chi connectivity index (χ0n) is 11.1. The molecule has 0 bridgehead atoms. The minimum atomic E-state index is 0.775. The van der Waals surface area contributed by atoms with Crippen LogP contribution in [0.1, 0.15) is 36.8 Å². The van der Waals surface area contributed by atoms with Crippen molar-refractivity contribution in [3.8, 4) is 0 Å². The average molecular weight is 242 g/mol. The number of benzene rings is 1. The van der Waals surface area contributed by atoms with Crippen LogP contribution in [0.3, 0.4) is 0 Å². The molecule has 1 aromatic carbocycles. The fourth-order valence-corrected chi connectivity index (χ4v) is 3.04. The summed E-state index contributed by atoms with van der Waals surface area (Å²) in [6.07, 6.45) is 8.84. The van der Waals surface area contributed by atoms with Gasteiger partial charge < -0.3 is 10.3 Å². The number of hydrogen-bond donors (Lipinski definition) is 2. The number of aryl methyl sites for hydroxylation is 1. The molecule has 0 aliphatic heterocycles. The van der Waals surface area contributed by atoms with Crippen LogP contribution in [0.15, 0.2) is 24.4 Å². The Hall–Kier alpha value is -1.28. The van der Waals surface area contributed by atoms with Crippen molar-refractivity contribution < 1.29 is 0 Å². The van der Waals surface area contributed by atoms with Crippen LogP contribution < -0.4 is 5.32 Å². The van der Waals surface area contributed by atoms with Crippen molar-refractivity contribution in [2.75, 3.05) is 6.54 Å². The van der Waals surface area contributed by atoms with Gasteiger partial charge >= 0.3 is 0 Å². The van der Waals surface area contributed by atoms with Crippen molar-refractivity contribution >= 4 is 10.9 Å². The molecular weight excluding hydrogens is 220 g/mol. The van der Waals surface area contributed by atoms with Crippen LogP contribution in [-0.2, 0) is 6.42 Å². The van der Waals surface area contributed by atoms with E-state index in [9.17, 15) is 0 Å². The van der Waals surface area contributed by atoms with Crippen LogP contribution in [0.5, 0.6) is 0 Å². The molecule has 2 heteroatoms. The maximum atomic E-state index is 3.69. The molecule has 96 valence electrons. The summed E-state index contributed by atoms with van der Waals surface area (Å²) in [5.41, 5.74) is 4.04. The maximum Gasteiger partial charge on any atom is 0.0456 e. The van der Waals surface area contributed by atoms with Crippen molar-refractivity contribution in [1.29, 1.82) is 0 Å². The van der Waals surface area contributed by atoms with Gasteiger partial charge in [0.25, 0.3) is 0 Å². The molecule has 0 radical (unpaired) electrons. The van der Waals surface area contributed by atoms with Gasteiger partial charge in [0.05, 0.1) is 0 Å². The summed E-state index contributed by atoms with van der Waals surface area (Å²) in [6, 6.07) is 7.41. The fraction of sp³-hybridized carbons (Fsp3) is 0.500. The van der Waals surface area contributed by atoms with E-state index in [4.69, 9.17) is 0 Å². The Bertz CT molecular complexity index is 521. The molecule has 1 aromatic heterocycles. The molecule has 1 heterocycles. The van der Waals surface area contributed by atoms with E-state index in [0.717, 1.165) is 19.0 Å². The van der Waals surface area contributed by atoms with Gasteiger partial charge in [0.2, 0.25) is 0 Å². The van der Waals surface area contributed by atoms with Crippen LogP contribution in [0.4, 0.5) is 0 Å². The third-order valence-electron chi connectivity index (χ3n) is 4.11. The standard InChI is InChI=1S/C16H22N2/c1-12-6-7-16-15(10-12)13(11-18-16)8-9-17-14-4-2-3-5-14/h6-7,10-11,14,17-18H,2-5,8-9H2,1H3. The third kappa shape index (κ3) is 2.44. The van der Waals surface area contributed by atoms with Gasteiger partial charge in [0.1, 0.15) is 0 Å². The quantitative estimate of drug-likeness (QED) is 0.843. The van der Waals surface area contributed by atoms with Gasteiger partial charge in [0.15, 0.2) is 0 Å². The predicted molar refractivity (Wildman–Crippen MR) is 77.0 cm³/mol. The lowest BCUT2D eigenvalue weighted by Gasteiger charge is -2.11. The number of aromatic amines is 1. The van der Waals surface area contributed by atoms with Crippen molar-refractivity contribution in [2.45, 2.75) is 45.1 Å². The minimum Gasteiger partial charge on any atom is -0.361 e. The number of rotatable bonds is 4. The first-order valence-corrected chi connectivity index (χ1v) is 7.13. The molecule has 3 rings (SSSR count). The lowest BCUT2D eigenvalue weighted by atomic mass is 10.1. The highest BCUT2D eigenvalue weighted by molar-refractivity contribution is 5.83. The largest absolute Gasteiger partial charge is 0.361 e. The smallest absolute Gasteiger partial charge is 0.0456 e. The number of hydrogen-bond acceptors (Lipinski definition) is 1. The molecule has 2 N–H and O–H groups in total. The summed E-state index contributed by atoms with van der Waals surface area (Å²) in [5.74, 6) is 0. The first-order chi connectivity index (χ1) is 8.83. The van der Waals surface area contributed by atoms with E-state index in [1.54, 1.807) is 0 Å². The predicted octanol–water partition coefficient (Wildman–Crippen LogP) is 3.55. The van der Waals surface area contributed by atoms with E-state index in [1.807, 2.05) is 0 Å². The molecule has 0 spiro atoms. The van der Waals surface area contributed by atoms with Crippen LogP contribution in [0, 0.1) is 6.92 Å². The van der Waals surface area contributed by atoms with E-state index in [1.165, 1.54) is 47.7 Å². The lowest BCUT2D eigenvalue weighted by molar-refractivity contribution is 0.528. The lowest BCUT2D eigenvalue weighted by Crippen LogP contribution is -2.27. The molecular formula is C16H22N2. The van der Waals surface area contributed by atoms with E-state index in [0.29, 0.717) is 0 Å². The Balaban J connectivity index is 1.65. The Morgan fingerprint density at radius 2 is 2.11 bits per heavy atom. The van der Waals surface area contributed by atoms with Gasteiger partial charge in [-0.2, -0.15) is 0 Å². The molecule has 0 atom stereocenters. The maximum absolute atomic E-state index is 3.69. The summed E-state index contributed by atoms with van der Waals surface area (Å²) >= 11 is 0. The number of nitrogens with one attached hydrogen (secondary N) is 2. The fourth-order valence-electron chi connectivity index (χ4n) is 3.04. The summed E-state index contributed by atoms with van der Waals surface area (Å²) in [5, 5.41) is 5.08. The van der Waals surface area contributed by atoms with E-state index < -0.39 is 0 Å². The highest BCUT2D eigenvalue weighted by Crippen LogP contribution is 2.21. The zero-order chi connectivity index (χ0) is 12.4. The number of aromatic nitrogens is 1. The van der Waals surface area contributed by atoms with Gasteiger partial charge in [-0.3, -0.25) is 0 Å². The van der Waals surface area contributed by atoms with Crippen molar-refractivity contribution in [3.05, 3.63) is 35.5 Å². The Morgan fingerprint density at radius 3 is 2.94 bits per heavy atom. The van der Waals surface area contributed by atoms with Gasteiger partial charge in [-0.05, 0) is 50.4 Å². The van der Waals surface area contributed by atoms with Crippen molar-refractivity contribution in [2.24, 2.45) is 0 Å². The third-order valence-corrected chi connectivity index (χ3v) is 4.11. The van der Waals surface area contributed by atoms with E-state index in [-0.39, 0.29) is 0 Å². The zero-order valence-corrected chi connectivity index (χ0v) is 11.1. The monoisotopic (exact) mass is 242 g/mol. The van der Waals surface area contributed by atoms with E-state index >= 15 is 0 Å². The second kappa shape index (κ2) is 5.15. The van der Waals surface area contributed by atoms with Crippen LogP contribution in [0.25, 0.3) is 10.9 Å². The highest BCUT2D eigenvalue weighted by atomic mass is 14.9. The summed E-state index contributed by atoms with van der Waals surface area (Å²) in [7, 11) is 0. The molecule has 1 aliphatic carbocycles. The SMILES string of the molecule is Cc1ccc2[nH]cc(CCNC3CCCC3)c2c1. The van der Waals surface area contributed by atoms with Crippen LogP contribution in [0.2, 0.25) is 0 Å². The van der Waals surface area contributed by atoms with Crippen molar-refractivity contribution in [3.63, 3.8) is 0 Å². The summed E-state index contributed by atoms with van der Waals surface area (Å²) in [4.78, 5) is 3.37. The van der Waals surface area contributed by atoms with Crippen molar-refractivity contribution in [1.82, 2.24) is 10.3 Å². The topological polar surface area (TPSA) is 27.8 Å². The average Bonchev–Trinajstić information content (AvgIpc) is 2.99. The molecule has 0 saturated heterocycles. The number of fused-ring (bicyclic) bond motifs is 1.